The van der Waals surface area contributed by atoms with E-state index in [1.165, 1.54) is 26.4 Å². The second-order valence-electron chi connectivity index (χ2n) is 4.89. The van der Waals surface area contributed by atoms with Crippen LogP contribution in [0.2, 0.25) is 0 Å². The molecule has 8 heteroatoms. The Morgan fingerprint density at radius 1 is 1.25 bits per heavy atom. The van der Waals surface area contributed by atoms with Gasteiger partial charge in [0, 0.05) is 18.6 Å². The number of rotatable bonds is 7. The first-order valence-corrected chi connectivity index (χ1v) is 7.13. The lowest BCUT2D eigenvalue weighted by Crippen LogP contribution is -2.33. The Balaban J connectivity index is 2.32. The molecule has 1 aromatic heterocycles. The predicted octanol–water partition coefficient (Wildman–Crippen LogP) is 2.19. The van der Waals surface area contributed by atoms with Gasteiger partial charge in [-0.25, -0.2) is 4.79 Å². The van der Waals surface area contributed by atoms with E-state index in [0.717, 1.165) is 5.56 Å². The van der Waals surface area contributed by atoms with Crippen LogP contribution >= 0.6 is 0 Å². The van der Waals surface area contributed by atoms with Gasteiger partial charge >= 0.3 is 11.7 Å². The Morgan fingerprint density at radius 3 is 2.54 bits per heavy atom. The van der Waals surface area contributed by atoms with E-state index in [2.05, 4.69) is 10.3 Å². The molecule has 0 aliphatic heterocycles. The van der Waals surface area contributed by atoms with Gasteiger partial charge in [-0.05, 0) is 5.56 Å². The molecule has 24 heavy (non-hydrogen) atoms. The number of aromatic nitrogens is 1. The molecule has 0 spiro atoms. The highest BCUT2D eigenvalue weighted by Gasteiger charge is 2.25. The maximum Gasteiger partial charge on any atom is 0.328 e. The van der Waals surface area contributed by atoms with Crippen molar-refractivity contribution in [3.63, 3.8) is 0 Å². The van der Waals surface area contributed by atoms with E-state index in [9.17, 15) is 14.9 Å². The number of anilines is 1. The molecule has 0 aliphatic rings. The lowest BCUT2D eigenvalue weighted by molar-refractivity contribution is -0.384. The molecular formula is C16H17N3O5. The maximum atomic E-state index is 12.0. The molecule has 0 amide bonds. The third-order valence-electron chi connectivity index (χ3n) is 3.33. The number of methoxy groups -OCH3 is 2. The van der Waals surface area contributed by atoms with E-state index in [-0.39, 0.29) is 17.4 Å². The van der Waals surface area contributed by atoms with Gasteiger partial charge in [-0.1, -0.05) is 30.3 Å². The van der Waals surface area contributed by atoms with Gasteiger partial charge in [0.25, 0.3) is 0 Å². The zero-order valence-electron chi connectivity index (χ0n) is 13.3. The van der Waals surface area contributed by atoms with E-state index in [0.29, 0.717) is 6.42 Å². The fourth-order valence-electron chi connectivity index (χ4n) is 2.15. The van der Waals surface area contributed by atoms with E-state index in [1.54, 1.807) is 0 Å². The van der Waals surface area contributed by atoms with Crippen LogP contribution in [0, 0.1) is 10.1 Å². The van der Waals surface area contributed by atoms with Crippen molar-refractivity contribution in [3.8, 4) is 5.88 Å². The minimum absolute atomic E-state index is 0.0503. The number of hydrogen-bond donors (Lipinski definition) is 1. The number of nitro groups is 1. The standard InChI is InChI=1S/C16H17N3O5/c1-23-14-9-8-13(19(21)22)15(18-14)17-12(16(20)24-2)10-11-6-4-3-5-7-11/h3-9,12H,10H2,1-2H3,(H,17,18). The molecule has 2 aromatic rings. The minimum Gasteiger partial charge on any atom is -0.481 e. The van der Waals surface area contributed by atoms with Gasteiger partial charge < -0.3 is 14.8 Å². The maximum absolute atomic E-state index is 12.0. The second kappa shape index (κ2) is 7.91. The van der Waals surface area contributed by atoms with Crippen LogP contribution in [0.1, 0.15) is 5.56 Å². The average molecular weight is 331 g/mol. The highest BCUT2D eigenvalue weighted by atomic mass is 16.6. The van der Waals surface area contributed by atoms with Crippen molar-refractivity contribution in [1.29, 1.82) is 0 Å². The summed E-state index contributed by atoms with van der Waals surface area (Å²) in [6.45, 7) is 0. The zero-order valence-corrected chi connectivity index (χ0v) is 13.3. The van der Waals surface area contributed by atoms with Gasteiger partial charge in [0.2, 0.25) is 11.7 Å². The Labute approximate surface area is 138 Å². The van der Waals surface area contributed by atoms with Gasteiger partial charge in [-0.15, -0.1) is 0 Å². The summed E-state index contributed by atoms with van der Waals surface area (Å²) >= 11 is 0. The summed E-state index contributed by atoms with van der Waals surface area (Å²) < 4.78 is 9.77. The first kappa shape index (κ1) is 17.2. The van der Waals surface area contributed by atoms with Crippen LogP contribution < -0.4 is 10.1 Å². The summed E-state index contributed by atoms with van der Waals surface area (Å²) in [5.74, 6) is -0.394. The molecule has 126 valence electrons. The van der Waals surface area contributed by atoms with Crippen molar-refractivity contribution >= 4 is 17.5 Å². The lowest BCUT2D eigenvalue weighted by atomic mass is 10.1. The first-order chi connectivity index (χ1) is 11.5. The number of benzene rings is 1. The summed E-state index contributed by atoms with van der Waals surface area (Å²) in [4.78, 5) is 26.7. The van der Waals surface area contributed by atoms with E-state index >= 15 is 0 Å². The molecule has 0 saturated carbocycles. The number of nitrogens with one attached hydrogen (secondary N) is 1. The molecule has 0 bridgehead atoms. The summed E-state index contributed by atoms with van der Waals surface area (Å²) in [6.07, 6.45) is 0.295. The van der Waals surface area contributed by atoms with Crippen molar-refractivity contribution < 1.29 is 19.2 Å². The van der Waals surface area contributed by atoms with Crippen LogP contribution in [0.4, 0.5) is 11.5 Å². The molecule has 1 atom stereocenters. The van der Waals surface area contributed by atoms with E-state index < -0.39 is 16.9 Å². The second-order valence-corrected chi connectivity index (χ2v) is 4.89. The number of carbonyl (C=O) groups is 1. The Morgan fingerprint density at radius 2 is 1.96 bits per heavy atom. The summed E-state index contributed by atoms with van der Waals surface area (Å²) in [5.41, 5.74) is 0.628. The van der Waals surface area contributed by atoms with Crippen molar-refractivity contribution in [2.75, 3.05) is 19.5 Å². The molecule has 0 radical (unpaired) electrons. The Hall–Kier alpha value is -3.16. The van der Waals surface area contributed by atoms with Crippen LogP contribution in [-0.4, -0.2) is 36.1 Å². The van der Waals surface area contributed by atoms with Crippen LogP contribution in [0.5, 0.6) is 5.88 Å². The van der Waals surface area contributed by atoms with Gasteiger partial charge in [0.15, 0.2) is 0 Å². The summed E-state index contributed by atoms with van der Waals surface area (Å²) in [6, 6.07) is 11.1. The molecule has 1 aromatic carbocycles. The van der Waals surface area contributed by atoms with Gasteiger partial charge in [-0.3, -0.25) is 10.1 Å². The van der Waals surface area contributed by atoms with Crippen LogP contribution in [-0.2, 0) is 16.0 Å². The van der Waals surface area contributed by atoms with Gasteiger partial charge in [0.05, 0.1) is 19.1 Å². The normalized spacial score (nSPS) is 11.4. The highest BCUT2D eigenvalue weighted by Crippen LogP contribution is 2.26. The van der Waals surface area contributed by atoms with Crippen LogP contribution in [0.3, 0.4) is 0 Å². The smallest absolute Gasteiger partial charge is 0.328 e. The quantitative estimate of drug-likeness (QED) is 0.471. The average Bonchev–Trinajstić information content (AvgIpc) is 2.61. The summed E-state index contributed by atoms with van der Waals surface area (Å²) in [5, 5.41) is 14.0. The number of pyridine rings is 1. The van der Waals surface area contributed by atoms with Gasteiger partial charge in [0.1, 0.15) is 6.04 Å². The minimum atomic E-state index is -0.823. The number of carbonyl (C=O) groups excluding carboxylic acids is 1. The van der Waals surface area contributed by atoms with Crippen molar-refractivity contribution in [2.24, 2.45) is 0 Å². The number of hydrogen-bond acceptors (Lipinski definition) is 7. The fourth-order valence-corrected chi connectivity index (χ4v) is 2.15. The summed E-state index contributed by atoms with van der Waals surface area (Å²) in [7, 11) is 2.66. The van der Waals surface area contributed by atoms with Crippen LogP contribution in [0.25, 0.3) is 0 Å². The third-order valence-corrected chi connectivity index (χ3v) is 3.33. The molecular weight excluding hydrogens is 314 g/mol. The lowest BCUT2D eigenvalue weighted by Gasteiger charge is -2.17. The van der Waals surface area contributed by atoms with Crippen molar-refractivity contribution in [2.45, 2.75) is 12.5 Å². The zero-order chi connectivity index (χ0) is 17.5. The third kappa shape index (κ3) is 4.19. The Bertz CT molecular complexity index is 721. The largest absolute Gasteiger partial charge is 0.481 e. The molecule has 1 unspecified atom stereocenters. The van der Waals surface area contributed by atoms with Crippen molar-refractivity contribution in [3.05, 3.63) is 58.1 Å². The first-order valence-electron chi connectivity index (χ1n) is 7.13. The van der Waals surface area contributed by atoms with E-state index in [4.69, 9.17) is 9.47 Å². The molecule has 1 heterocycles. The Kier molecular flexibility index (Phi) is 5.67. The predicted molar refractivity (Wildman–Crippen MR) is 87.0 cm³/mol. The molecule has 8 nitrogen and oxygen atoms in total. The number of esters is 1. The number of ether oxygens (including phenoxy) is 2. The van der Waals surface area contributed by atoms with E-state index in [1.807, 2.05) is 30.3 Å². The molecule has 0 saturated heterocycles. The molecule has 1 N–H and O–H groups in total. The molecule has 2 rings (SSSR count). The SMILES string of the molecule is COC(=O)C(Cc1ccccc1)Nc1nc(OC)ccc1[N+](=O)[O-]. The van der Waals surface area contributed by atoms with Crippen LogP contribution in [0.15, 0.2) is 42.5 Å². The highest BCUT2D eigenvalue weighted by molar-refractivity contribution is 5.80. The molecule has 0 fully saturated rings. The van der Waals surface area contributed by atoms with Gasteiger partial charge in [-0.2, -0.15) is 4.98 Å². The topological polar surface area (TPSA) is 104 Å². The van der Waals surface area contributed by atoms with Crippen molar-refractivity contribution in [1.82, 2.24) is 4.98 Å². The number of nitrogens with zero attached hydrogens (tertiary/aromatic N) is 2. The fraction of sp³-hybridized carbons (Fsp3) is 0.250. The monoisotopic (exact) mass is 331 g/mol. The molecule has 0 aliphatic carbocycles.